The Hall–Kier alpha value is -0.0800. The summed E-state index contributed by atoms with van der Waals surface area (Å²) in [7, 11) is 0. The Labute approximate surface area is 126 Å². The zero-order valence-electron chi connectivity index (χ0n) is 14.3. The molecule has 2 heteroatoms. The first kappa shape index (κ1) is 16.3. The number of nitrogens with zero attached hydrogens (tertiary/aromatic N) is 1. The SMILES string of the molecule is CC(C)CCN(CC1(CNC(C)C)CCCC1)C1CC1. The van der Waals surface area contributed by atoms with Crippen LogP contribution >= 0.6 is 0 Å². The lowest BCUT2D eigenvalue weighted by molar-refractivity contribution is 0.134. The first-order chi connectivity index (χ1) is 9.51. The maximum atomic E-state index is 3.73. The van der Waals surface area contributed by atoms with Crippen LogP contribution in [0.1, 0.15) is 72.6 Å². The van der Waals surface area contributed by atoms with Gasteiger partial charge in [0.1, 0.15) is 0 Å². The second kappa shape index (κ2) is 7.26. The molecule has 0 atom stereocenters. The smallest absolute Gasteiger partial charge is 0.00966 e. The quantitative estimate of drug-likeness (QED) is 0.685. The first-order valence-corrected chi connectivity index (χ1v) is 8.98. The minimum Gasteiger partial charge on any atom is -0.314 e. The molecule has 0 heterocycles. The minimum atomic E-state index is 0.573. The van der Waals surface area contributed by atoms with Crippen LogP contribution in [0.2, 0.25) is 0 Å². The summed E-state index contributed by atoms with van der Waals surface area (Å²) in [5.74, 6) is 0.838. The van der Waals surface area contributed by atoms with E-state index in [1.54, 1.807) is 0 Å². The highest BCUT2D eigenvalue weighted by molar-refractivity contribution is 4.94. The third kappa shape index (κ3) is 5.04. The van der Waals surface area contributed by atoms with E-state index in [1.807, 2.05) is 0 Å². The van der Waals surface area contributed by atoms with Gasteiger partial charge in [0, 0.05) is 25.2 Å². The molecule has 0 aromatic heterocycles. The topological polar surface area (TPSA) is 15.3 Å². The van der Waals surface area contributed by atoms with Crippen molar-refractivity contribution < 1.29 is 0 Å². The van der Waals surface area contributed by atoms with Gasteiger partial charge in [0.2, 0.25) is 0 Å². The maximum Gasteiger partial charge on any atom is 0.00966 e. The molecule has 118 valence electrons. The van der Waals surface area contributed by atoms with Gasteiger partial charge in [-0.1, -0.05) is 40.5 Å². The second-order valence-corrected chi connectivity index (χ2v) is 8.13. The summed E-state index contributed by atoms with van der Waals surface area (Å²) in [5, 5.41) is 3.73. The molecule has 1 N–H and O–H groups in total. The lowest BCUT2D eigenvalue weighted by Gasteiger charge is -2.37. The van der Waals surface area contributed by atoms with Gasteiger partial charge in [0.25, 0.3) is 0 Å². The molecule has 0 aromatic rings. The summed E-state index contributed by atoms with van der Waals surface area (Å²) in [6.07, 6.45) is 10.0. The van der Waals surface area contributed by atoms with Crippen molar-refractivity contribution in [2.24, 2.45) is 11.3 Å². The van der Waals surface area contributed by atoms with Crippen LogP contribution in [0.4, 0.5) is 0 Å². The number of nitrogens with one attached hydrogen (secondary N) is 1. The van der Waals surface area contributed by atoms with Crippen LogP contribution in [-0.4, -0.2) is 36.6 Å². The lowest BCUT2D eigenvalue weighted by Crippen LogP contribution is -2.45. The van der Waals surface area contributed by atoms with Crippen LogP contribution in [0.25, 0.3) is 0 Å². The Kier molecular flexibility index (Phi) is 5.92. The van der Waals surface area contributed by atoms with Crippen LogP contribution < -0.4 is 5.32 Å². The van der Waals surface area contributed by atoms with Crippen molar-refractivity contribution in [2.45, 2.75) is 84.7 Å². The zero-order valence-corrected chi connectivity index (χ0v) is 14.3. The van der Waals surface area contributed by atoms with Crippen LogP contribution in [0, 0.1) is 11.3 Å². The van der Waals surface area contributed by atoms with Crippen molar-refractivity contribution in [2.75, 3.05) is 19.6 Å². The molecule has 0 unspecified atom stereocenters. The van der Waals surface area contributed by atoms with Gasteiger partial charge >= 0.3 is 0 Å². The molecule has 2 rings (SSSR count). The Morgan fingerprint density at radius 2 is 1.75 bits per heavy atom. The van der Waals surface area contributed by atoms with E-state index in [2.05, 4.69) is 37.9 Å². The molecule has 0 spiro atoms. The maximum absolute atomic E-state index is 3.73. The summed E-state index contributed by atoms with van der Waals surface area (Å²) in [6.45, 7) is 13.2. The molecule has 2 aliphatic carbocycles. The number of hydrogen-bond donors (Lipinski definition) is 1. The highest BCUT2D eigenvalue weighted by Gasteiger charge is 2.39. The van der Waals surface area contributed by atoms with Gasteiger partial charge in [0.15, 0.2) is 0 Å². The molecule has 0 bridgehead atoms. The summed E-state index contributed by atoms with van der Waals surface area (Å²) in [4.78, 5) is 2.84. The third-order valence-electron chi connectivity index (χ3n) is 5.14. The van der Waals surface area contributed by atoms with Gasteiger partial charge in [-0.15, -0.1) is 0 Å². The Balaban J connectivity index is 1.90. The van der Waals surface area contributed by atoms with Crippen molar-refractivity contribution in [3.63, 3.8) is 0 Å². The lowest BCUT2D eigenvalue weighted by atomic mass is 9.85. The van der Waals surface area contributed by atoms with Gasteiger partial charge in [-0.05, 0) is 50.0 Å². The summed E-state index contributed by atoms with van der Waals surface area (Å²) in [5.41, 5.74) is 0.573. The number of hydrogen-bond acceptors (Lipinski definition) is 2. The first-order valence-electron chi connectivity index (χ1n) is 8.98. The van der Waals surface area contributed by atoms with Gasteiger partial charge in [-0.3, -0.25) is 4.90 Å². The van der Waals surface area contributed by atoms with Crippen molar-refractivity contribution in [1.29, 1.82) is 0 Å². The predicted molar refractivity (Wildman–Crippen MR) is 88.1 cm³/mol. The fourth-order valence-corrected chi connectivity index (χ4v) is 3.62. The van der Waals surface area contributed by atoms with Gasteiger partial charge in [-0.25, -0.2) is 0 Å². The summed E-state index contributed by atoms with van der Waals surface area (Å²) < 4.78 is 0. The predicted octanol–water partition coefficient (Wildman–Crippen LogP) is 4.06. The standard InChI is InChI=1S/C18H36N2/c1-15(2)9-12-20(17-7-8-17)14-18(10-5-6-11-18)13-19-16(3)4/h15-17,19H,5-14H2,1-4H3. The molecule has 2 aliphatic rings. The van der Waals surface area contributed by atoms with E-state index in [0.29, 0.717) is 11.5 Å². The summed E-state index contributed by atoms with van der Waals surface area (Å²) in [6, 6.07) is 1.54. The Morgan fingerprint density at radius 3 is 2.25 bits per heavy atom. The molecule has 0 amide bonds. The van der Waals surface area contributed by atoms with E-state index < -0.39 is 0 Å². The highest BCUT2D eigenvalue weighted by Crippen LogP contribution is 2.41. The van der Waals surface area contributed by atoms with E-state index in [0.717, 1.165) is 12.0 Å². The molecule has 0 aromatic carbocycles. The van der Waals surface area contributed by atoms with E-state index in [1.165, 1.54) is 64.6 Å². The van der Waals surface area contributed by atoms with Crippen LogP contribution in [0.5, 0.6) is 0 Å². The van der Waals surface area contributed by atoms with Gasteiger partial charge < -0.3 is 5.32 Å². The van der Waals surface area contributed by atoms with E-state index in [9.17, 15) is 0 Å². The van der Waals surface area contributed by atoms with Crippen molar-refractivity contribution in [3.8, 4) is 0 Å². The largest absolute Gasteiger partial charge is 0.314 e. The number of rotatable bonds is 9. The van der Waals surface area contributed by atoms with Crippen LogP contribution in [-0.2, 0) is 0 Å². The molecular formula is C18H36N2. The highest BCUT2D eigenvalue weighted by atomic mass is 15.2. The van der Waals surface area contributed by atoms with E-state index >= 15 is 0 Å². The Morgan fingerprint density at radius 1 is 1.10 bits per heavy atom. The zero-order chi connectivity index (χ0) is 14.6. The Bertz CT molecular complexity index is 275. The summed E-state index contributed by atoms with van der Waals surface area (Å²) >= 11 is 0. The fourth-order valence-electron chi connectivity index (χ4n) is 3.62. The molecule has 0 radical (unpaired) electrons. The molecule has 0 aliphatic heterocycles. The van der Waals surface area contributed by atoms with Crippen LogP contribution in [0.15, 0.2) is 0 Å². The van der Waals surface area contributed by atoms with Crippen molar-refractivity contribution in [3.05, 3.63) is 0 Å². The monoisotopic (exact) mass is 280 g/mol. The van der Waals surface area contributed by atoms with Gasteiger partial charge in [-0.2, -0.15) is 0 Å². The van der Waals surface area contributed by atoms with Crippen molar-refractivity contribution >= 4 is 0 Å². The van der Waals surface area contributed by atoms with Gasteiger partial charge in [0.05, 0.1) is 0 Å². The third-order valence-corrected chi connectivity index (χ3v) is 5.14. The minimum absolute atomic E-state index is 0.573. The van der Waals surface area contributed by atoms with Crippen LogP contribution in [0.3, 0.4) is 0 Å². The fraction of sp³-hybridized carbons (Fsp3) is 1.00. The average molecular weight is 281 g/mol. The molecule has 2 fully saturated rings. The normalized spacial score (nSPS) is 22.4. The molecule has 2 saturated carbocycles. The van der Waals surface area contributed by atoms with E-state index in [4.69, 9.17) is 0 Å². The molecular weight excluding hydrogens is 244 g/mol. The van der Waals surface area contributed by atoms with E-state index in [-0.39, 0.29) is 0 Å². The molecule has 0 saturated heterocycles. The second-order valence-electron chi connectivity index (χ2n) is 8.13. The average Bonchev–Trinajstić information content (AvgIpc) is 3.13. The molecule has 20 heavy (non-hydrogen) atoms. The molecule has 2 nitrogen and oxygen atoms in total. The van der Waals surface area contributed by atoms with Crippen molar-refractivity contribution in [1.82, 2.24) is 10.2 Å².